The molecule has 0 aliphatic carbocycles. The smallest absolute Gasteiger partial charge is 0.230 e. The van der Waals surface area contributed by atoms with Gasteiger partial charge in [-0.25, -0.2) is 4.98 Å². The maximum Gasteiger partial charge on any atom is 0.230 e. The van der Waals surface area contributed by atoms with Crippen LogP contribution in [-0.4, -0.2) is 35.2 Å². The highest BCUT2D eigenvalue weighted by Crippen LogP contribution is 2.35. The summed E-state index contributed by atoms with van der Waals surface area (Å²) in [6, 6.07) is 18.3. The van der Waals surface area contributed by atoms with Crippen LogP contribution in [0, 0.1) is 0 Å². The number of hydrogen-bond acceptors (Lipinski definition) is 3. The van der Waals surface area contributed by atoms with Gasteiger partial charge in [-0.1, -0.05) is 56.3 Å². The second-order valence-corrected chi connectivity index (χ2v) is 8.08. The maximum absolute atomic E-state index is 13.3. The highest BCUT2D eigenvalue weighted by molar-refractivity contribution is 5.88. The van der Waals surface area contributed by atoms with Crippen LogP contribution in [0.2, 0.25) is 0 Å². The van der Waals surface area contributed by atoms with E-state index in [1.807, 2.05) is 36.4 Å². The fourth-order valence-electron chi connectivity index (χ4n) is 4.34. The summed E-state index contributed by atoms with van der Waals surface area (Å²) in [5.41, 5.74) is 2.70. The molecule has 1 aliphatic heterocycles. The van der Waals surface area contributed by atoms with E-state index in [-0.39, 0.29) is 5.91 Å². The van der Waals surface area contributed by atoms with E-state index in [9.17, 15) is 4.79 Å². The zero-order valence-corrected chi connectivity index (χ0v) is 17.2. The second-order valence-electron chi connectivity index (χ2n) is 8.08. The molecule has 0 saturated carbocycles. The third-order valence-corrected chi connectivity index (χ3v) is 5.93. The molecule has 0 atom stereocenters. The van der Waals surface area contributed by atoms with Crippen molar-refractivity contribution in [2.75, 3.05) is 19.8 Å². The first-order valence-corrected chi connectivity index (χ1v) is 10.5. The molecule has 0 unspecified atom stereocenters. The van der Waals surface area contributed by atoms with Crippen LogP contribution < -0.4 is 5.32 Å². The molecule has 3 aromatic rings. The third-order valence-electron chi connectivity index (χ3n) is 5.93. The number of hydrogen-bond donors (Lipinski definition) is 1. The number of carbonyl (C=O) groups is 1. The summed E-state index contributed by atoms with van der Waals surface area (Å²) in [7, 11) is 0. The Morgan fingerprint density at radius 1 is 1.10 bits per heavy atom. The van der Waals surface area contributed by atoms with Gasteiger partial charge in [0.25, 0.3) is 0 Å². The second kappa shape index (κ2) is 8.37. The van der Waals surface area contributed by atoms with Crippen molar-refractivity contribution in [3.63, 3.8) is 0 Å². The highest BCUT2D eigenvalue weighted by Gasteiger charge is 2.41. The standard InChI is InChI=1S/C24H29N3O2/c1-18(2)22-26-20-10-6-7-11-21(20)27(22)15-14-25-23(28)24(12-16-29-17-13-24)19-8-4-3-5-9-19/h3-11,18H,12-17H2,1-2H3,(H,25,28). The van der Waals surface area contributed by atoms with Gasteiger partial charge >= 0.3 is 0 Å². The van der Waals surface area contributed by atoms with E-state index in [1.165, 1.54) is 0 Å². The molecule has 0 bridgehead atoms. The molecule has 0 spiro atoms. The van der Waals surface area contributed by atoms with Crippen molar-refractivity contribution < 1.29 is 9.53 Å². The normalized spacial score (nSPS) is 16.2. The summed E-state index contributed by atoms with van der Waals surface area (Å²) in [4.78, 5) is 18.1. The molecule has 5 heteroatoms. The monoisotopic (exact) mass is 391 g/mol. The molecule has 1 aliphatic rings. The molecule has 4 rings (SSSR count). The fourth-order valence-corrected chi connectivity index (χ4v) is 4.34. The van der Waals surface area contributed by atoms with Crippen molar-refractivity contribution in [2.45, 2.75) is 44.6 Å². The minimum atomic E-state index is -0.503. The predicted octanol–water partition coefficient (Wildman–Crippen LogP) is 4.02. The van der Waals surface area contributed by atoms with Crippen LogP contribution in [0.25, 0.3) is 11.0 Å². The van der Waals surface area contributed by atoms with Gasteiger partial charge in [0.1, 0.15) is 5.82 Å². The lowest BCUT2D eigenvalue weighted by atomic mass is 9.73. The Labute approximate surface area is 172 Å². The molecule has 1 aromatic heterocycles. The molecule has 1 amide bonds. The van der Waals surface area contributed by atoms with E-state index in [0.29, 0.717) is 45.1 Å². The first kappa shape index (κ1) is 19.6. The van der Waals surface area contributed by atoms with Crippen LogP contribution in [0.15, 0.2) is 54.6 Å². The molecule has 0 radical (unpaired) electrons. The van der Waals surface area contributed by atoms with Crippen LogP contribution in [0.3, 0.4) is 0 Å². The minimum Gasteiger partial charge on any atom is -0.381 e. The molecule has 2 heterocycles. The summed E-state index contributed by atoms with van der Waals surface area (Å²) in [5.74, 6) is 1.48. The van der Waals surface area contributed by atoms with Gasteiger partial charge in [0.15, 0.2) is 0 Å². The Bertz CT molecular complexity index is 972. The van der Waals surface area contributed by atoms with Crippen LogP contribution in [0.1, 0.15) is 44.0 Å². The van der Waals surface area contributed by atoms with Crippen LogP contribution in [0.4, 0.5) is 0 Å². The fraction of sp³-hybridized carbons (Fsp3) is 0.417. The van der Waals surface area contributed by atoms with Crippen molar-refractivity contribution in [1.29, 1.82) is 0 Å². The number of para-hydroxylation sites is 2. The highest BCUT2D eigenvalue weighted by atomic mass is 16.5. The SMILES string of the molecule is CC(C)c1nc2ccccc2n1CCNC(=O)C1(c2ccccc2)CCOCC1. The van der Waals surface area contributed by atoms with Crippen LogP contribution in [-0.2, 0) is 21.5 Å². The van der Waals surface area contributed by atoms with Gasteiger partial charge in [-0.05, 0) is 30.5 Å². The minimum absolute atomic E-state index is 0.0996. The topological polar surface area (TPSA) is 56.2 Å². The third kappa shape index (κ3) is 3.79. The van der Waals surface area contributed by atoms with E-state index in [0.717, 1.165) is 22.4 Å². The first-order chi connectivity index (χ1) is 14.1. The number of nitrogens with one attached hydrogen (secondary N) is 1. The molecule has 152 valence electrons. The Morgan fingerprint density at radius 3 is 2.52 bits per heavy atom. The zero-order valence-electron chi connectivity index (χ0n) is 17.2. The molecule has 1 saturated heterocycles. The van der Waals surface area contributed by atoms with Gasteiger partial charge in [-0.2, -0.15) is 0 Å². The van der Waals surface area contributed by atoms with E-state index in [1.54, 1.807) is 0 Å². The number of carbonyl (C=O) groups excluding carboxylic acids is 1. The van der Waals surface area contributed by atoms with Gasteiger partial charge in [-0.3, -0.25) is 4.79 Å². The molecule has 2 aromatic carbocycles. The molecular weight excluding hydrogens is 362 g/mol. The molecular formula is C24H29N3O2. The van der Waals surface area contributed by atoms with E-state index >= 15 is 0 Å². The van der Waals surface area contributed by atoms with Crippen molar-refractivity contribution in [1.82, 2.24) is 14.9 Å². The quantitative estimate of drug-likeness (QED) is 0.690. The molecule has 1 fully saturated rings. The number of rotatable bonds is 6. The van der Waals surface area contributed by atoms with E-state index in [4.69, 9.17) is 9.72 Å². The van der Waals surface area contributed by atoms with Gasteiger partial charge in [0.2, 0.25) is 5.91 Å². The summed E-state index contributed by atoms with van der Waals surface area (Å²) < 4.78 is 7.79. The van der Waals surface area contributed by atoms with Crippen molar-refractivity contribution in [3.05, 3.63) is 66.0 Å². The lowest BCUT2D eigenvalue weighted by Crippen LogP contribution is -2.48. The van der Waals surface area contributed by atoms with Gasteiger partial charge < -0.3 is 14.6 Å². The van der Waals surface area contributed by atoms with Crippen molar-refractivity contribution >= 4 is 16.9 Å². The van der Waals surface area contributed by atoms with E-state index in [2.05, 4.69) is 41.9 Å². The van der Waals surface area contributed by atoms with Gasteiger partial charge in [0.05, 0.1) is 16.4 Å². The van der Waals surface area contributed by atoms with Gasteiger partial charge in [0, 0.05) is 32.2 Å². The maximum atomic E-state index is 13.3. The molecule has 29 heavy (non-hydrogen) atoms. The largest absolute Gasteiger partial charge is 0.381 e. The Balaban J connectivity index is 1.52. The Morgan fingerprint density at radius 2 is 1.79 bits per heavy atom. The predicted molar refractivity (Wildman–Crippen MR) is 115 cm³/mol. The lowest BCUT2D eigenvalue weighted by molar-refractivity contribution is -0.130. The van der Waals surface area contributed by atoms with Crippen LogP contribution in [0.5, 0.6) is 0 Å². The van der Waals surface area contributed by atoms with E-state index < -0.39 is 5.41 Å². The average Bonchev–Trinajstić information content (AvgIpc) is 3.14. The summed E-state index contributed by atoms with van der Waals surface area (Å²) >= 11 is 0. The van der Waals surface area contributed by atoms with Crippen molar-refractivity contribution in [3.8, 4) is 0 Å². The van der Waals surface area contributed by atoms with Crippen molar-refractivity contribution in [2.24, 2.45) is 0 Å². The number of aromatic nitrogens is 2. The number of benzene rings is 2. The zero-order chi connectivity index (χ0) is 20.3. The summed E-state index contributed by atoms with van der Waals surface area (Å²) in [6.45, 7) is 6.83. The first-order valence-electron chi connectivity index (χ1n) is 10.5. The average molecular weight is 392 g/mol. The number of nitrogens with zero attached hydrogens (tertiary/aromatic N) is 2. The lowest BCUT2D eigenvalue weighted by Gasteiger charge is -2.36. The number of imidazole rings is 1. The Hall–Kier alpha value is -2.66. The summed E-state index contributed by atoms with van der Waals surface area (Å²) in [5, 5.41) is 3.22. The number of fused-ring (bicyclic) bond motifs is 1. The Kier molecular flexibility index (Phi) is 5.67. The van der Waals surface area contributed by atoms with Gasteiger partial charge in [-0.15, -0.1) is 0 Å². The number of amides is 1. The molecule has 5 nitrogen and oxygen atoms in total. The number of ether oxygens (including phenoxy) is 1. The van der Waals surface area contributed by atoms with Crippen LogP contribution >= 0.6 is 0 Å². The molecule has 1 N–H and O–H groups in total. The summed E-state index contributed by atoms with van der Waals surface area (Å²) in [6.07, 6.45) is 1.43.